The molecule has 1 aliphatic heterocycles. The highest BCUT2D eigenvalue weighted by molar-refractivity contribution is 8.13. The van der Waals surface area contributed by atoms with Crippen LogP contribution in [-0.2, 0) is 9.84 Å². The minimum absolute atomic E-state index is 0.0740. The summed E-state index contributed by atoms with van der Waals surface area (Å²) in [6.45, 7) is 4.07. The van der Waals surface area contributed by atoms with Gasteiger partial charge in [-0.05, 0) is 19.8 Å². The molecule has 0 bridgehead atoms. The molecule has 0 aromatic carbocycles. The molecule has 0 aromatic heterocycles. The molecule has 1 rings (SSSR count). The molecule has 4 nitrogen and oxygen atoms in total. The van der Waals surface area contributed by atoms with Crippen LogP contribution < -0.4 is 5.32 Å². The number of carbonyl (C=O) groups is 1. The third-order valence-corrected chi connectivity index (χ3v) is 7.40. The summed E-state index contributed by atoms with van der Waals surface area (Å²) in [5.41, 5.74) is -0.569. The Balaban J connectivity index is 1.95. The van der Waals surface area contributed by atoms with Crippen LogP contribution in [0.25, 0.3) is 0 Å². The number of carbonyl (C=O) groups excluding carboxylic acids is 1. The standard InChI is InChI=1S/C18H35NO3S2/c1-3-4-5-6-7-8-9-10-11-12-14-23-17(20)19-18(2)13-15-24(21,22)16-18/h3-16H2,1-2H3,(H,19,20). The molecule has 6 heteroatoms. The van der Waals surface area contributed by atoms with Crippen LogP contribution >= 0.6 is 11.8 Å². The van der Waals surface area contributed by atoms with Crippen molar-refractivity contribution in [2.75, 3.05) is 17.3 Å². The highest BCUT2D eigenvalue weighted by atomic mass is 32.2. The van der Waals surface area contributed by atoms with Gasteiger partial charge in [0.1, 0.15) is 0 Å². The van der Waals surface area contributed by atoms with Gasteiger partial charge in [0.2, 0.25) is 0 Å². The third kappa shape index (κ3) is 9.92. The van der Waals surface area contributed by atoms with Gasteiger partial charge in [-0.2, -0.15) is 0 Å². The molecule has 1 saturated heterocycles. The number of thioether (sulfide) groups is 1. The number of rotatable bonds is 12. The zero-order chi connectivity index (χ0) is 17.9. The first-order valence-corrected chi connectivity index (χ1v) is 12.3. The first kappa shape index (κ1) is 21.8. The fourth-order valence-corrected chi connectivity index (χ4v) is 6.09. The molecule has 24 heavy (non-hydrogen) atoms. The van der Waals surface area contributed by atoms with Crippen molar-refractivity contribution in [2.45, 2.75) is 90.0 Å². The zero-order valence-corrected chi connectivity index (χ0v) is 17.1. The number of amides is 1. The predicted molar refractivity (Wildman–Crippen MR) is 105 cm³/mol. The van der Waals surface area contributed by atoms with Crippen LogP contribution in [0.2, 0.25) is 0 Å². The van der Waals surface area contributed by atoms with E-state index in [-0.39, 0.29) is 16.7 Å². The summed E-state index contributed by atoms with van der Waals surface area (Å²) in [4.78, 5) is 11.9. The molecule has 1 unspecified atom stereocenters. The average Bonchev–Trinajstić information content (AvgIpc) is 2.78. The van der Waals surface area contributed by atoms with Crippen molar-refractivity contribution in [2.24, 2.45) is 0 Å². The predicted octanol–water partition coefficient (Wildman–Crippen LogP) is 4.93. The van der Waals surface area contributed by atoms with Crippen LogP contribution in [0.3, 0.4) is 0 Å². The van der Waals surface area contributed by atoms with Gasteiger partial charge in [0, 0.05) is 5.75 Å². The summed E-state index contributed by atoms with van der Waals surface area (Å²) >= 11 is 1.29. The molecular formula is C18H35NO3S2. The SMILES string of the molecule is CCCCCCCCCCCCSC(=O)NC1(C)CCS(=O)(=O)C1. The van der Waals surface area contributed by atoms with Gasteiger partial charge < -0.3 is 5.32 Å². The van der Waals surface area contributed by atoms with E-state index in [9.17, 15) is 13.2 Å². The summed E-state index contributed by atoms with van der Waals surface area (Å²) in [7, 11) is -2.97. The molecule has 1 atom stereocenters. The van der Waals surface area contributed by atoms with Gasteiger partial charge in [0.15, 0.2) is 9.84 Å². The summed E-state index contributed by atoms with van der Waals surface area (Å²) in [6, 6.07) is 0. The maximum Gasteiger partial charge on any atom is 0.279 e. The molecule has 0 saturated carbocycles. The second-order valence-electron chi connectivity index (χ2n) is 7.35. The van der Waals surface area contributed by atoms with Crippen LogP contribution in [0.4, 0.5) is 4.79 Å². The highest BCUT2D eigenvalue weighted by Crippen LogP contribution is 2.24. The van der Waals surface area contributed by atoms with Crippen molar-refractivity contribution in [1.29, 1.82) is 0 Å². The number of hydrogen-bond acceptors (Lipinski definition) is 4. The Labute approximate surface area is 152 Å². The lowest BCUT2D eigenvalue weighted by Crippen LogP contribution is -2.45. The largest absolute Gasteiger partial charge is 0.341 e. The molecule has 1 N–H and O–H groups in total. The molecule has 1 aliphatic rings. The Morgan fingerprint density at radius 2 is 1.54 bits per heavy atom. The Morgan fingerprint density at radius 3 is 2.04 bits per heavy atom. The van der Waals surface area contributed by atoms with E-state index < -0.39 is 15.4 Å². The van der Waals surface area contributed by atoms with E-state index in [0.29, 0.717) is 6.42 Å². The third-order valence-electron chi connectivity index (χ3n) is 4.64. The molecule has 1 amide bonds. The molecule has 1 heterocycles. The number of sulfone groups is 1. The van der Waals surface area contributed by atoms with Crippen molar-refractivity contribution in [1.82, 2.24) is 5.32 Å². The number of unbranched alkanes of at least 4 members (excludes halogenated alkanes) is 9. The monoisotopic (exact) mass is 377 g/mol. The van der Waals surface area contributed by atoms with Crippen LogP contribution in [0.15, 0.2) is 0 Å². The van der Waals surface area contributed by atoms with Crippen LogP contribution in [0.1, 0.15) is 84.5 Å². The molecule has 0 aliphatic carbocycles. The number of hydrogen-bond donors (Lipinski definition) is 1. The van der Waals surface area contributed by atoms with E-state index in [2.05, 4.69) is 12.2 Å². The molecule has 1 fully saturated rings. The normalized spacial score (nSPS) is 22.6. The van der Waals surface area contributed by atoms with Crippen LogP contribution in [0.5, 0.6) is 0 Å². The maximum atomic E-state index is 11.9. The number of nitrogens with one attached hydrogen (secondary N) is 1. The fourth-order valence-electron chi connectivity index (χ4n) is 3.15. The maximum absolute atomic E-state index is 11.9. The first-order valence-electron chi connectivity index (χ1n) is 9.52. The highest BCUT2D eigenvalue weighted by Gasteiger charge is 2.39. The van der Waals surface area contributed by atoms with Crippen molar-refractivity contribution >= 4 is 26.8 Å². The van der Waals surface area contributed by atoms with E-state index in [1.165, 1.54) is 69.5 Å². The topological polar surface area (TPSA) is 63.2 Å². The second kappa shape index (κ2) is 11.4. The molecule has 0 aromatic rings. The summed E-state index contributed by atoms with van der Waals surface area (Å²) in [6.07, 6.45) is 13.4. The van der Waals surface area contributed by atoms with Crippen LogP contribution in [-0.4, -0.2) is 36.5 Å². The van der Waals surface area contributed by atoms with Gasteiger partial charge in [-0.1, -0.05) is 76.5 Å². The summed E-state index contributed by atoms with van der Waals surface area (Å²) < 4.78 is 23.1. The van der Waals surface area contributed by atoms with E-state index >= 15 is 0 Å². The van der Waals surface area contributed by atoms with Crippen LogP contribution in [0, 0.1) is 0 Å². The quantitative estimate of drug-likeness (QED) is 0.490. The average molecular weight is 378 g/mol. The Bertz CT molecular complexity index is 465. The van der Waals surface area contributed by atoms with Gasteiger partial charge in [-0.15, -0.1) is 0 Å². The summed E-state index contributed by atoms with van der Waals surface area (Å²) in [5, 5.41) is 2.81. The molecule has 142 valence electrons. The molecular weight excluding hydrogens is 342 g/mol. The van der Waals surface area contributed by atoms with E-state index in [4.69, 9.17) is 0 Å². The zero-order valence-electron chi connectivity index (χ0n) is 15.4. The van der Waals surface area contributed by atoms with Gasteiger partial charge in [-0.3, -0.25) is 4.79 Å². The van der Waals surface area contributed by atoms with Crippen molar-refractivity contribution in [3.8, 4) is 0 Å². The second-order valence-corrected chi connectivity index (χ2v) is 10.6. The fraction of sp³-hybridized carbons (Fsp3) is 0.944. The van der Waals surface area contributed by atoms with Gasteiger partial charge in [0.25, 0.3) is 5.24 Å². The van der Waals surface area contributed by atoms with Crippen molar-refractivity contribution in [3.05, 3.63) is 0 Å². The lowest BCUT2D eigenvalue weighted by atomic mass is 10.0. The lowest BCUT2D eigenvalue weighted by molar-refractivity contribution is 0.251. The van der Waals surface area contributed by atoms with Crippen molar-refractivity contribution in [3.63, 3.8) is 0 Å². The Kier molecular flexibility index (Phi) is 10.4. The first-order chi connectivity index (χ1) is 11.4. The van der Waals surface area contributed by atoms with Gasteiger partial charge >= 0.3 is 0 Å². The van der Waals surface area contributed by atoms with E-state index in [1.54, 1.807) is 0 Å². The minimum atomic E-state index is -2.97. The molecule has 0 radical (unpaired) electrons. The summed E-state index contributed by atoms with van der Waals surface area (Å²) in [5.74, 6) is 1.09. The Morgan fingerprint density at radius 1 is 1.00 bits per heavy atom. The molecule has 0 spiro atoms. The van der Waals surface area contributed by atoms with Crippen molar-refractivity contribution < 1.29 is 13.2 Å². The van der Waals surface area contributed by atoms with Gasteiger partial charge in [-0.25, -0.2) is 8.42 Å². The van der Waals surface area contributed by atoms with Gasteiger partial charge in [0.05, 0.1) is 17.0 Å². The smallest absolute Gasteiger partial charge is 0.279 e. The lowest BCUT2D eigenvalue weighted by Gasteiger charge is -2.23. The van der Waals surface area contributed by atoms with E-state index in [0.717, 1.165) is 12.2 Å². The minimum Gasteiger partial charge on any atom is -0.341 e. The Hall–Kier alpha value is -0.230. The van der Waals surface area contributed by atoms with E-state index in [1.807, 2.05) is 6.92 Å².